The molecule has 0 atom stereocenters. The van der Waals surface area contributed by atoms with E-state index in [9.17, 15) is 5.11 Å². The number of nitrogens with zero attached hydrogens (tertiary/aromatic N) is 3. The van der Waals surface area contributed by atoms with E-state index >= 15 is 0 Å². The van der Waals surface area contributed by atoms with Gasteiger partial charge in [0, 0.05) is 19.2 Å². The highest BCUT2D eigenvalue weighted by Gasteiger charge is 2.19. The molecule has 0 bridgehead atoms. The van der Waals surface area contributed by atoms with Crippen LogP contribution < -0.4 is 16.2 Å². The van der Waals surface area contributed by atoms with Gasteiger partial charge in [0.2, 0.25) is 0 Å². The van der Waals surface area contributed by atoms with Gasteiger partial charge in [0.05, 0.1) is 5.60 Å². The van der Waals surface area contributed by atoms with E-state index in [4.69, 9.17) is 5.84 Å². The molecule has 1 aromatic rings. The number of hydrazine groups is 1. The van der Waals surface area contributed by atoms with Crippen molar-refractivity contribution in [3.63, 3.8) is 0 Å². The Bertz CT molecular complexity index is 375. The average molecular weight is 239 g/mol. The molecule has 0 unspecified atom stereocenters. The van der Waals surface area contributed by atoms with Gasteiger partial charge in [-0.1, -0.05) is 0 Å². The Morgan fingerprint density at radius 1 is 1.47 bits per heavy atom. The van der Waals surface area contributed by atoms with Crippen LogP contribution in [0.4, 0.5) is 11.6 Å². The summed E-state index contributed by atoms with van der Waals surface area (Å²) in [6.07, 6.45) is 0. The second-order valence-electron chi connectivity index (χ2n) is 4.63. The summed E-state index contributed by atoms with van der Waals surface area (Å²) in [6.45, 7) is 8.62. The molecular weight excluding hydrogens is 218 g/mol. The molecule has 6 heteroatoms. The van der Waals surface area contributed by atoms with Crippen LogP contribution in [0, 0.1) is 6.92 Å². The van der Waals surface area contributed by atoms with E-state index in [0.717, 1.165) is 12.4 Å². The number of nitrogens with two attached hydrogens (primary N) is 1. The Labute approximate surface area is 102 Å². The molecule has 0 aromatic carbocycles. The first-order valence-corrected chi connectivity index (χ1v) is 5.65. The van der Waals surface area contributed by atoms with E-state index < -0.39 is 5.60 Å². The summed E-state index contributed by atoms with van der Waals surface area (Å²) in [4.78, 5) is 10.5. The first kappa shape index (κ1) is 13.7. The molecule has 0 aliphatic carbocycles. The van der Waals surface area contributed by atoms with Crippen LogP contribution in [-0.4, -0.2) is 33.8 Å². The predicted octanol–water partition coefficient (Wildman–Crippen LogP) is 0.668. The normalized spacial score (nSPS) is 11.4. The van der Waals surface area contributed by atoms with Crippen LogP contribution >= 0.6 is 0 Å². The first-order valence-electron chi connectivity index (χ1n) is 5.65. The molecule has 1 heterocycles. The number of rotatable bonds is 5. The Morgan fingerprint density at radius 3 is 2.59 bits per heavy atom. The highest BCUT2D eigenvalue weighted by molar-refractivity contribution is 5.49. The van der Waals surface area contributed by atoms with Crippen molar-refractivity contribution >= 4 is 11.6 Å². The van der Waals surface area contributed by atoms with Crippen molar-refractivity contribution in [1.29, 1.82) is 0 Å². The SMILES string of the molecule is CCN(CC(C)(C)O)c1cc(NN)nc(C)n1. The molecule has 6 nitrogen and oxygen atoms in total. The molecule has 96 valence electrons. The van der Waals surface area contributed by atoms with Crippen LogP contribution in [0.3, 0.4) is 0 Å². The number of likely N-dealkylation sites (N-methyl/N-ethyl adjacent to an activating group) is 1. The van der Waals surface area contributed by atoms with Gasteiger partial charge < -0.3 is 15.4 Å². The minimum atomic E-state index is -0.773. The van der Waals surface area contributed by atoms with Crippen molar-refractivity contribution < 1.29 is 5.11 Å². The van der Waals surface area contributed by atoms with Crippen LogP contribution in [0.1, 0.15) is 26.6 Å². The zero-order valence-electron chi connectivity index (χ0n) is 10.9. The lowest BCUT2D eigenvalue weighted by atomic mass is 10.1. The Morgan fingerprint density at radius 2 is 2.12 bits per heavy atom. The summed E-state index contributed by atoms with van der Waals surface area (Å²) in [5.74, 6) is 7.32. The molecule has 0 radical (unpaired) electrons. The highest BCUT2D eigenvalue weighted by atomic mass is 16.3. The van der Waals surface area contributed by atoms with Crippen molar-refractivity contribution in [3.8, 4) is 0 Å². The van der Waals surface area contributed by atoms with E-state index in [1.54, 1.807) is 19.9 Å². The van der Waals surface area contributed by atoms with Crippen LogP contribution in [0.15, 0.2) is 6.07 Å². The van der Waals surface area contributed by atoms with Crippen LogP contribution in [0.25, 0.3) is 0 Å². The van der Waals surface area contributed by atoms with E-state index in [1.165, 1.54) is 0 Å². The fourth-order valence-electron chi connectivity index (χ4n) is 1.61. The lowest BCUT2D eigenvalue weighted by Gasteiger charge is -2.29. The third kappa shape index (κ3) is 4.16. The fraction of sp³-hybridized carbons (Fsp3) is 0.636. The Kier molecular flexibility index (Phi) is 4.25. The topological polar surface area (TPSA) is 87.3 Å². The van der Waals surface area contributed by atoms with E-state index in [1.807, 2.05) is 18.7 Å². The van der Waals surface area contributed by atoms with E-state index in [-0.39, 0.29) is 0 Å². The van der Waals surface area contributed by atoms with Gasteiger partial charge in [0.25, 0.3) is 0 Å². The number of nitrogen functional groups attached to an aromatic ring is 1. The molecule has 1 aromatic heterocycles. The molecular formula is C11H21N5O. The van der Waals surface area contributed by atoms with Crippen molar-refractivity contribution in [2.45, 2.75) is 33.3 Å². The maximum Gasteiger partial charge on any atom is 0.145 e. The zero-order valence-corrected chi connectivity index (χ0v) is 10.9. The van der Waals surface area contributed by atoms with Gasteiger partial charge in [-0.15, -0.1) is 0 Å². The van der Waals surface area contributed by atoms with Gasteiger partial charge in [-0.3, -0.25) is 0 Å². The van der Waals surface area contributed by atoms with E-state index in [2.05, 4.69) is 15.4 Å². The van der Waals surface area contributed by atoms with Gasteiger partial charge in [-0.05, 0) is 27.7 Å². The molecule has 1 rings (SSSR count). The molecule has 0 amide bonds. The van der Waals surface area contributed by atoms with Gasteiger partial charge >= 0.3 is 0 Å². The summed E-state index contributed by atoms with van der Waals surface area (Å²) in [5.41, 5.74) is 1.74. The largest absolute Gasteiger partial charge is 0.389 e. The molecule has 17 heavy (non-hydrogen) atoms. The maximum absolute atomic E-state index is 9.85. The smallest absolute Gasteiger partial charge is 0.145 e. The number of aliphatic hydroxyl groups is 1. The predicted molar refractivity (Wildman–Crippen MR) is 68.8 cm³/mol. The lowest BCUT2D eigenvalue weighted by molar-refractivity contribution is 0.0874. The van der Waals surface area contributed by atoms with Crippen molar-refractivity contribution in [1.82, 2.24) is 9.97 Å². The number of nitrogens with one attached hydrogen (secondary N) is 1. The van der Waals surface area contributed by atoms with Crippen LogP contribution in [-0.2, 0) is 0 Å². The third-order valence-electron chi connectivity index (χ3n) is 2.26. The fourth-order valence-corrected chi connectivity index (χ4v) is 1.61. The quantitative estimate of drug-likeness (QED) is 0.517. The van der Waals surface area contributed by atoms with Gasteiger partial charge in [0.1, 0.15) is 17.5 Å². The third-order valence-corrected chi connectivity index (χ3v) is 2.26. The van der Waals surface area contributed by atoms with E-state index in [0.29, 0.717) is 18.2 Å². The molecule has 0 saturated heterocycles. The minimum Gasteiger partial charge on any atom is -0.389 e. The first-order chi connectivity index (χ1) is 7.85. The summed E-state index contributed by atoms with van der Waals surface area (Å²) in [7, 11) is 0. The monoisotopic (exact) mass is 239 g/mol. The number of hydrogen-bond acceptors (Lipinski definition) is 6. The van der Waals surface area contributed by atoms with Crippen molar-refractivity contribution in [2.24, 2.45) is 5.84 Å². The Balaban J connectivity index is 2.99. The second kappa shape index (κ2) is 5.29. The summed E-state index contributed by atoms with van der Waals surface area (Å²) < 4.78 is 0. The standard InChI is InChI=1S/C11H21N5O/c1-5-16(7-11(3,4)17)10-6-9(15-12)13-8(2)14-10/h6,17H,5,7,12H2,1-4H3,(H,13,14,15). The van der Waals surface area contributed by atoms with Gasteiger partial charge in [0.15, 0.2) is 0 Å². The summed E-state index contributed by atoms with van der Waals surface area (Å²) in [6, 6.07) is 1.77. The highest BCUT2D eigenvalue weighted by Crippen LogP contribution is 2.17. The van der Waals surface area contributed by atoms with Gasteiger partial charge in [-0.2, -0.15) is 0 Å². The molecule has 0 spiro atoms. The maximum atomic E-state index is 9.85. The van der Waals surface area contributed by atoms with Crippen LogP contribution in [0.2, 0.25) is 0 Å². The minimum absolute atomic E-state index is 0.504. The number of aryl methyl sites for hydroxylation is 1. The van der Waals surface area contributed by atoms with Crippen molar-refractivity contribution in [3.05, 3.63) is 11.9 Å². The lowest BCUT2D eigenvalue weighted by Crippen LogP contribution is -2.39. The average Bonchev–Trinajstić information content (AvgIpc) is 2.23. The number of hydrogen-bond donors (Lipinski definition) is 3. The molecule has 0 aliphatic heterocycles. The molecule has 0 fully saturated rings. The number of anilines is 2. The van der Waals surface area contributed by atoms with Crippen LogP contribution in [0.5, 0.6) is 0 Å². The molecule has 4 N–H and O–H groups in total. The summed E-state index contributed by atoms with van der Waals surface area (Å²) in [5, 5.41) is 9.85. The summed E-state index contributed by atoms with van der Waals surface area (Å²) >= 11 is 0. The molecule has 0 aliphatic rings. The molecule has 0 saturated carbocycles. The second-order valence-corrected chi connectivity index (χ2v) is 4.63. The number of aromatic nitrogens is 2. The van der Waals surface area contributed by atoms with Gasteiger partial charge in [-0.25, -0.2) is 15.8 Å². The van der Waals surface area contributed by atoms with Crippen molar-refractivity contribution in [2.75, 3.05) is 23.4 Å². The Hall–Kier alpha value is -1.40. The zero-order chi connectivity index (χ0) is 13.1.